The molecule has 5 N–H and O–H groups in total. The maximum Gasteiger partial charge on any atom is 0.152 e. The Labute approximate surface area is 98.4 Å². The molecule has 0 saturated carbocycles. The Balaban J connectivity index is 0.00000169. The zero-order valence-corrected chi connectivity index (χ0v) is 9.53. The molecule has 0 spiro atoms. The molecule has 0 fully saturated rings. The van der Waals surface area contributed by atoms with Crippen molar-refractivity contribution in [3.63, 3.8) is 0 Å². The Bertz CT molecular complexity index is 296. The summed E-state index contributed by atoms with van der Waals surface area (Å²) in [5.41, 5.74) is 11.7. The van der Waals surface area contributed by atoms with Gasteiger partial charge in [0.1, 0.15) is 0 Å². The Kier molecular flexibility index (Phi) is 5.56. The fourth-order valence-electron chi connectivity index (χ4n) is 0.935. The quantitative estimate of drug-likeness (QED) is 0.759. The van der Waals surface area contributed by atoms with Crippen molar-refractivity contribution in [3.05, 3.63) is 27.7 Å². The van der Waals surface area contributed by atoms with Crippen LogP contribution in [0.25, 0.3) is 0 Å². The summed E-state index contributed by atoms with van der Waals surface area (Å²) in [7, 11) is 0. The average Bonchev–Trinajstić information content (AvgIpc) is 2.12. The van der Waals surface area contributed by atoms with E-state index in [4.69, 9.17) is 34.7 Å². The zero-order valence-electron chi connectivity index (χ0n) is 7.21. The van der Waals surface area contributed by atoms with Crippen LogP contribution >= 0.6 is 35.6 Å². The summed E-state index contributed by atoms with van der Waals surface area (Å²) in [4.78, 5) is 0. The molecule has 1 atom stereocenters. The maximum atomic E-state index is 9.25. The van der Waals surface area contributed by atoms with Gasteiger partial charge >= 0.3 is 0 Å². The molecule has 1 aromatic rings. The maximum absolute atomic E-state index is 9.25. The highest BCUT2D eigenvalue weighted by Crippen LogP contribution is 2.33. The second-order valence-electron chi connectivity index (χ2n) is 2.68. The second-order valence-corrected chi connectivity index (χ2v) is 3.49. The molecule has 80 valence electrons. The lowest BCUT2D eigenvalue weighted by molar-refractivity contribution is 0.475. The molecule has 3 nitrogen and oxygen atoms in total. The predicted molar refractivity (Wildman–Crippen MR) is 61.4 cm³/mol. The number of hydrogen-bond acceptors (Lipinski definition) is 3. The van der Waals surface area contributed by atoms with Crippen LogP contribution in [0, 0.1) is 0 Å². The van der Waals surface area contributed by atoms with Crippen LogP contribution in [0.15, 0.2) is 12.1 Å². The average molecular weight is 258 g/mol. The molecule has 1 rings (SSSR count). The topological polar surface area (TPSA) is 72.3 Å². The fraction of sp³-hybridized carbons (Fsp3) is 0.250. The molecule has 1 aromatic carbocycles. The van der Waals surface area contributed by atoms with E-state index in [1.807, 2.05) is 0 Å². The molecular weight excluding hydrogens is 246 g/mol. The van der Waals surface area contributed by atoms with Gasteiger partial charge in [-0.05, 0) is 17.7 Å². The largest absolute Gasteiger partial charge is 0.505 e. The van der Waals surface area contributed by atoms with E-state index in [0.717, 1.165) is 5.56 Å². The van der Waals surface area contributed by atoms with Crippen LogP contribution in [0.2, 0.25) is 10.0 Å². The number of phenolic OH excluding ortho intramolecular Hbond substituents is 1. The molecule has 0 aliphatic heterocycles. The van der Waals surface area contributed by atoms with Crippen molar-refractivity contribution in [2.24, 2.45) is 11.5 Å². The highest BCUT2D eigenvalue weighted by Gasteiger charge is 2.10. The van der Waals surface area contributed by atoms with Gasteiger partial charge in [0.25, 0.3) is 0 Å². The van der Waals surface area contributed by atoms with Gasteiger partial charge in [0.05, 0.1) is 10.0 Å². The Morgan fingerprint density at radius 1 is 1.29 bits per heavy atom. The number of halogens is 3. The van der Waals surface area contributed by atoms with E-state index in [-0.39, 0.29) is 34.2 Å². The molecule has 14 heavy (non-hydrogen) atoms. The minimum absolute atomic E-state index is 0. The lowest BCUT2D eigenvalue weighted by Gasteiger charge is -2.10. The standard InChI is InChI=1S/C8H10Cl2N2O.ClH/c9-5-1-4(7(12)3-11)2-6(10)8(5)13;/h1-2,7,13H,3,11-12H2;1H/t7-;/m0./s1. The van der Waals surface area contributed by atoms with Crippen LogP contribution in [0.4, 0.5) is 0 Å². The molecule has 0 amide bonds. The van der Waals surface area contributed by atoms with E-state index in [9.17, 15) is 5.11 Å². The SMILES string of the molecule is Cl.NC[C@H](N)c1cc(Cl)c(O)c(Cl)c1. The normalized spacial score (nSPS) is 12.0. The Hall–Kier alpha value is -0.190. The van der Waals surface area contributed by atoms with Crippen molar-refractivity contribution < 1.29 is 5.11 Å². The lowest BCUT2D eigenvalue weighted by Crippen LogP contribution is -2.20. The van der Waals surface area contributed by atoms with Crippen LogP contribution in [-0.2, 0) is 0 Å². The van der Waals surface area contributed by atoms with Gasteiger partial charge < -0.3 is 16.6 Å². The molecule has 0 bridgehead atoms. The fourth-order valence-corrected chi connectivity index (χ4v) is 1.44. The smallest absolute Gasteiger partial charge is 0.152 e. The number of hydrogen-bond donors (Lipinski definition) is 3. The van der Waals surface area contributed by atoms with E-state index in [2.05, 4.69) is 0 Å². The van der Waals surface area contributed by atoms with Gasteiger partial charge in [-0.3, -0.25) is 0 Å². The third-order valence-corrected chi connectivity index (χ3v) is 2.30. The first-order chi connectivity index (χ1) is 6.06. The molecule has 0 saturated heterocycles. The van der Waals surface area contributed by atoms with E-state index < -0.39 is 0 Å². The Morgan fingerprint density at radius 3 is 2.07 bits per heavy atom. The van der Waals surface area contributed by atoms with Crippen LogP contribution < -0.4 is 11.5 Å². The van der Waals surface area contributed by atoms with Crippen LogP contribution in [0.3, 0.4) is 0 Å². The van der Waals surface area contributed by atoms with Gasteiger partial charge in [-0.2, -0.15) is 0 Å². The number of rotatable bonds is 2. The van der Waals surface area contributed by atoms with Gasteiger partial charge in [-0.15, -0.1) is 12.4 Å². The van der Waals surface area contributed by atoms with E-state index in [1.165, 1.54) is 0 Å². The molecule has 6 heteroatoms. The van der Waals surface area contributed by atoms with Gasteiger partial charge in [0.15, 0.2) is 5.75 Å². The van der Waals surface area contributed by atoms with Crippen molar-refractivity contribution in [2.75, 3.05) is 6.54 Å². The summed E-state index contributed by atoms with van der Waals surface area (Å²) < 4.78 is 0. The van der Waals surface area contributed by atoms with E-state index >= 15 is 0 Å². The summed E-state index contributed by atoms with van der Waals surface area (Å²) >= 11 is 11.4. The third-order valence-electron chi connectivity index (χ3n) is 1.72. The lowest BCUT2D eigenvalue weighted by atomic mass is 10.1. The van der Waals surface area contributed by atoms with Crippen molar-refractivity contribution in [2.45, 2.75) is 6.04 Å². The Morgan fingerprint density at radius 2 is 1.71 bits per heavy atom. The summed E-state index contributed by atoms with van der Waals surface area (Å²) in [5.74, 6) is -0.128. The van der Waals surface area contributed by atoms with Crippen molar-refractivity contribution in [3.8, 4) is 5.75 Å². The van der Waals surface area contributed by atoms with Crippen molar-refractivity contribution >= 4 is 35.6 Å². The number of phenols is 1. The number of nitrogens with two attached hydrogens (primary N) is 2. The highest BCUT2D eigenvalue weighted by atomic mass is 35.5. The molecule has 0 aromatic heterocycles. The molecule has 0 aliphatic rings. The number of benzene rings is 1. The summed E-state index contributed by atoms with van der Waals surface area (Å²) in [5, 5.41) is 9.62. The third kappa shape index (κ3) is 2.90. The summed E-state index contributed by atoms with van der Waals surface area (Å²) in [6.45, 7) is 0.303. The molecule has 0 radical (unpaired) electrons. The van der Waals surface area contributed by atoms with Crippen molar-refractivity contribution in [1.29, 1.82) is 0 Å². The minimum atomic E-state index is -0.310. The first kappa shape index (κ1) is 13.8. The monoisotopic (exact) mass is 256 g/mol. The summed E-state index contributed by atoms with van der Waals surface area (Å²) in [6.07, 6.45) is 0. The molecule has 0 aliphatic carbocycles. The summed E-state index contributed by atoms with van der Waals surface area (Å²) in [6, 6.07) is 2.80. The zero-order chi connectivity index (χ0) is 10.0. The second kappa shape index (κ2) is 5.63. The first-order valence-electron chi connectivity index (χ1n) is 3.69. The van der Waals surface area contributed by atoms with Crippen LogP contribution in [-0.4, -0.2) is 11.7 Å². The van der Waals surface area contributed by atoms with Crippen molar-refractivity contribution in [1.82, 2.24) is 0 Å². The molecule has 0 unspecified atom stereocenters. The van der Waals surface area contributed by atoms with Gasteiger partial charge in [0.2, 0.25) is 0 Å². The first-order valence-corrected chi connectivity index (χ1v) is 4.45. The van der Waals surface area contributed by atoms with Crippen LogP contribution in [0.1, 0.15) is 11.6 Å². The minimum Gasteiger partial charge on any atom is -0.505 e. The van der Waals surface area contributed by atoms with E-state index in [1.54, 1.807) is 12.1 Å². The molecular formula is C8H11Cl3N2O. The van der Waals surface area contributed by atoms with Gasteiger partial charge in [-0.1, -0.05) is 23.2 Å². The van der Waals surface area contributed by atoms with Crippen LogP contribution in [0.5, 0.6) is 5.75 Å². The van der Waals surface area contributed by atoms with Gasteiger partial charge in [0, 0.05) is 12.6 Å². The molecule has 0 heterocycles. The number of aromatic hydroxyl groups is 1. The van der Waals surface area contributed by atoms with Gasteiger partial charge in [-0.25, -0.2) is 0 Å². The predicted octanol–water partition coefficient (Wildman–Crippen LogP) is 2.08. The van der Waals surface area contributed by atoms with E-state index in [0.29, 0.717) is 6.54 Å². The highest BCUT2D eigenvalue weighted by molar-refractivity contribution is 6.37.